The number of nitriles is 1. The quantitative estimate of drug-likeness (QED) is 0.830. The van der Waals surface area contributed by atoms with Crippen molar-refractivity contribution in [1.29, 1.82) is 5.26 Å². The summed E-state index contributed by atoms with van der Waals surface area (Å²) >= 11 is 3.20. The van der Waals surface area contributed by atoms with Gasteiger partial charge in [-0.3, -0.25) is 4.72 Å². The number of anilines is 2. The van der Waals surface area contributed by atoms with Crippen LogP contribution >= 0.6 is 15.9 Å². The van der Waals surface area contributed by atoms with Crippen molar-refractivity contribution in [1.82, 2.24) is 0 Å². The molecule has 20 heavy (non-hydrogen) atoms. The van der Waals surface area contributed by atoms with Gasteiger partial charge < -0.3 is 5.73 Å². The molecule has 0 aliphatic carbocycles. The molecule has 2 rings (SSSR count). The fourth-order valence-electron chi connectivity index (χ4n) is 1.61. The van der Waals surface area contributed by atoms with Crippen LogP contribution in [-0.4, -0.2) is 8.42 Å². The number of hydrogen-bond acceptors (Lipinski definition) is 4. The molecule has 0 unspecified atom stereocenters. The van der Waals surface area contributed by atoms with E-state index in [1.165, 1.54) is 24.3 Å². The molecule has 0 heterocycles. The first-order valence-corrected chi connectivity index (χ1v) is 7.78. The van der Waals surface area contributed by atoms with Crippen LogP contribution in [-0.2, 0) is 10.0 Å². The first-order valence-electron chi connectivity index (χ1n) is 5.51. The fraction of sp³-hybridized carbons (Fsp3) is 0. The lowest BCUT2D eigenvalue weighted by molar-refractivity contribution is 0.601. The number of sulfonamides is 1. The van der Waals surface area contributed by atoms with E-state index in [4.69, 9.17) is 11.0 Å². The van der Waals surface area contributed by atoms with Gasteiger partial charge in [-0.1, -0.05) is 28.1 Å². The summed E-state index contributed by atoms with van der Waals surface area (Å²) in [5.41, 5.74) is 6.29. The standard InChI is InChI=1S/C13H10BrN3O2S/c14-10-5-6-11(16)13(7-10)20(18,19)17-12-4-2-1-3-9(12)8-15/h1-7,17H,16H2. The Balaban J connectivity index is 2.47. The van der Waals surface area contributed by atoms with Crippen LogP contribution in [0.1, 0.15) is 5.56 Å². The van der Waals surface area contributed by atoms with Crippen LogP contribution in [0.2, 0.25) is 0 Å². The Hall–Kier alpha value is -2.04. The number of nitrogens with one attached hydrogen (secondary N) is 1. The lowest BCUT2D eigenvalue weighted by Gasteiger charge is -2.11. The van der Waals surface area contributed by atoms with E-state index in [9.17, 15) is 8.42 Å². The highest BCUT2D eigenvalue weighted by atomic mass is 79.9. The largest absolute Gasteiger partial charge is 0.398 e. The second-order valence-electron chi connectivity index (χ2n) is 3.95. The summed E-state index contributed by atoms with van der Waals surface area (Å²) in [5, 5.41) is 8.97. The third-order valence-electron chi connectivity index (χ3n) is 2.56. The molecule has 0 radical (unpaired) electrons. The molecule has 2 aromatic carbocycles. The maximum atomic E-state index is 12.3. The first kappa shape index (κ1) is 14.4. The second kappa shape index (κ2) is 5.53. The molecule has 0 bridgehead atoms. The minimum Gasteiger partial charge on any atom is -0.398 e. The minimum absolute atomic E-state index is 0.0420. The average molecular weight is 352 g/mol. The minimum atomic E-state index is -3.86. The summed E-state index contributed by atoms with van der Waals surface area (Å²) in [4.78, 5) is -0.0420. The van der Waals surface area contributed by atoms with Crippen LogP contribution < -0.4 is 10.5 Å². The van der Waals surface area contributed by atoms with Crippen molar-refractivity contribution in [3.05, 3.63) is 52.5 Å². The predicted molar refractivity (Wildman–Crippen MR) is 80.5 cm³/mol. The van der Waals surface area contributed by atoms with Crippen molar-refractivity contribution in [2.24, 2.45) is 0 Å². The van der Waals surface area contributed by atoms with Crippen LogP contribution in [0.5, 0.6) is 0 Å². The zero-order valence-corrected chi connectivity index (χ0v) is 12.6. The lowest BCUT2D eigenvalue weighted by Crippen LogP contribution is -2.15. The molecule has 0 saturated carbocycles. The number of nitrogen functional groups attached to an aromatic ring is 1. The average Bonchev–Trinajstić information content (AvgIpc) is 2.41. The molecule has 0 amide bonds. The van der Waals surface area contributed by atoms with Gasteiger partial charge in [-0.25, -0.2) is 8.42 Å². The molecule has 7 heteroatoms. The maximum absolute atomic E-state index is 12.3. The summed E-state index contributed by atoms with van der Waals surface area (Å²) in [6.45, 7) is 0. The smallest absolute Gasteiger partial charge is 0.264 e. The van der Waals surface area contributed by atoms with Crippen molar-refractivity contribution in [2.45, 2.75) is 4.90 Å². The van der Waals surface area contributed by atoms with E-state index in [1.54, 1.807) is 18.2 Å². The highest BCUT2D eigenvalue weighted by molar-refractivity contribution is 9.10. The number of para-hydroxylation sites is 1. The van der Waals surface area contributed by atoms with Gasteiger partial charge in [-0.2, -0.15) is 5.26 Å². The van der Waals surface area contributed by atoms with Crippen LogP contribution in [0.25, 0.3) is 0 Å². The molecule has 0 spiro atoms. The SMILES string of the molecule is N#Cc1ccccc1NS(=O)(=O)c1cc(Br)ccc1N. The van der Waals surface area contributed by atoms with Crippen LogP contribution in [0.3, 0.4) is 0 Å². The Morgan fingerprint density at radius 3 is 2.60 bits per heavy atom. The molecule has 2 aromatic rings. The molecule has 0 atom stereocenters. The molecule has 0 aliphatic rings. The van der Waals surface area contributed by atoms with Gasteiger partial charge in [0.1, 0.15) is 11.0 Å². The monoisotopic (exact) mass is 351 g/mol. The van der Waals surface area contributed by atoms with Crippen LogP contribution in [0, 0.1) is 11.3 Å². The van der Waals surface area contributed by atoms with Gasteiger partial charge in [-0.15, -0.1) is 0 Å². The summed E-state index contributed by atoms with van der Waals surface area (Å²) in [7, 11) is -3.86. The van der Waals surface area contributed by atoms with Gasteiger partial charge in [0.25, 0.3) is 10.0 Å². The van der Waals surface area contributed by atoms with Gasteiger partial charge in [0.05, 0.1) is 16.9 Å². The molecule has 102 valence electrons. The third kappa shape index (κ3) is 2.92. The zero-order valence-electron chi connectivity index (χ0n) is 10.2. The fourth-order valence-corrected chi connectivity index (χ4v) is 3.36. The Morgan fingerprint density at radius 1 is 1.20 bits per heavy atom. The van der Waals surface area contributed by atoms with E-state index in [1.807, 2.05) is 6.07 Å². The number of nitrogens with two attached hydrogens (primary N) is 1. The van der Waals surface area contributed by atoms with Crippen molar-refractivity contribution in [3.8, 4) is 6.07 Å². The van der Waals surface area contributed by atoms with Gasteiger partial charge in [-0.05, 0) is 30.3 Å². The maximum Gasteiger partial charge on any atom is 0.264 e. The van der Waals surface area contributed by atoms with Crippen LogP contribution in [0.4, 0.5) is 11.4 Å². The van der Waals surface area contributed by atoms with E-state index in [2.05, 4.69) is 20.7 Å². The third-order valence-corrected chi connectivity index (χ3v) is 4.47. The number of benzene rings is 2. The van der Waals surface area contributed by atoms with E-state index in [0.717, 1.165) is 0 Å². The van der Waals surface area contributed by atoms with Gasteiger partial charge in [0.15, 0.2) is 0 Å². The van der Waals surface area contributed by atoms with E-state index in [0.29, 0.717) is 4.47 Å². The molecular formula is C13H10BrN3O2S. The molecular weight excluding hydrogens is 342 g/mol. The van der Waals surface area contributed by atoms with E-state index < -0.39 is 10.0 Å². The first-order chi connectivity index (χ1) is 9.44. The lowest BCUT2D eigenvalue weighted by atomic mass is 10.2. The molecule has 5 nitrogen and oxygen atoms in total. The Labute approximate surface area is 125 Å². The summed E-state index contributed by atoms with van der Waals surface area (Å²) < 4.78 is 27.6. The van der Waals surface area contributed by atoms with Crippen LogP contribution in [0.15, 0.2) is 51.8 Å². The molecule has 3 N–H and O–H groups in total. The van der Waals surface area contributed by atoms with E-state index >= 15 is 0 Å². The Morgan fingerprint density at radius 2 is 1.90 bits per heavy atom. The number of halogens is 1. The van der Waals surface area contributed by atoms with Gasteiger partial charge in [0.2, 0.25) is 0 Å². The Bertz CT molecular complexity index is 798. The molecule has 0 aromatic heterocycles. The highest BCUT2D eigenvalue weighted by Crippen LogP contribution is 2.26. The topological polar surface area (TPSA) is 96.0 Å². The summed E-state index contributed by atoms with van der Waals surface area (Å²) in [6, 6.07) is 12.8. The molecule has 0 aliphatic heterocycles. The van der Waals surface area contributed by atoms with Gasteiger partial charge in [0, 0.05) is 4.47 Å². The van der Waals surface area contributed by atoms with Gasteiger partial charge >= 0.3 is 0 Å². The number of rotatable bonds is 3. The Kier molecular flexibility index (Phi) is 3.97. The predicted octanol–water partition coefficient (Wildman–Crippen LogP) is 2.70. The summed E-state index contributed by atoms with van der Waals surface area (Å²) in [6.07, 6.45) is 0. The highest BCUT2D eigenvalue weighted by Gasteiger charge is 2.19. The van der Waals surface area contributed by atoms with Crippen molar-refractivity contribution in [3.63, 3.8) is 0 Å². The number of nitrogens with zero attached hydrogens (tertiary/aromatic N) is 1. The van der Waals surface area contributed by atoms with E-state index in [-0.39, 0.29) is 21.8 Å². The zero-order chi connectivity index (χ0) is 14.8. The second-order valence-corrected chi connectivity index (χ2v) is 6.51. The normalized spacial score (nSPS) is 10.8. The van der Waals surface area contributed by atoms with Crippen molar-refractivity contribution < 1.29 is 8.42 Å². The van der Waals surface area contributed by atoms with Crippen molar-refractivity contribution in [2.75, 3.05) is 10.5 Å². The summed E-state index contributed by atoms with van der Waals surface area (Å²) in [5.74, 6) is 0. The molecule has 0 saturated heterocycles. The number of hydrogen-bond donors (Lipinski definition) is 2. The molecule has 0 fully saturated rings. The van der Waals surface area contributed by atoms with Crippen molar-refractivity contribution >= 4 is 37.3 Å².